The third-order valence-electron chi connectivity index (χ3n) is 3.56. The average Bonchev–Trinajstić information content (AvgIpc) is 3.03. The number of amides is 1. The van der Waals surface area contributed by atoms with Crippen LogP contribution < -0.4 is 5.32 Å². The number of sulfonamides is 1. The van der Waals surface area contributed by atoms with Gasteiger partial charge in [0.05, 0.1) is 13.2 Å². The molecule has 1 aromatic heterocycles. The fraction of sp³-hybridized carbons (Fsp3) is 0.571. The minimum atomic E-state index is -3.74. The van der Waals surface area contributed by atoms with Gasteiger partial charge >= 0.3 is 5.97 Å². The normalized spacial score (nSPS) is 17.4. The number of carbonyl (C=O) groups excluding carboxylic acids is 1. The zero-order chi connectivity index (χ0) is 17.7. The van der Waals surface area contributed by atoms with Gasteiger partial charge in [0.15, 0.2) is 0 Å². The molecular weight excluding hydrogens is 356 g/mol. The molecule has 0 bridgehead atoms. The minimum Gasteiger partial charge on any atom is -0.481 e. The van der Waals surface area contributed by atoms with Crippen molar-refractivity contribution in [3.05, 3.63) is 16.3 Å². The molecule has 1 atom stereocenters. The zero-order valence-corrected chi connectivity index (χ0v) is 14.9. The second-order valence-corrected chi connectivity index (χ2v) is 8.37. The van der Waals surface area contributed by atoms with Gasteiger partial charge < -0.3 is 15.2 Å². The van der Waals surface area contributed by atoms with Gasteiger partial charge in [0.2, 0.25) is 10.0 Å². The number of hydrogen-bond donors (Lipinski definition) is 2. The lowest BCUT2D eigenvalue weighted by Crippen LogP contribution is -2.41. The first-order chi connectivity index (χ1) is 11.3. The maximum absolute atomic E-state index is 12.7. The number of thiophene rings is 1. The topological polar surface area (TPSA) is 113 Å². The Balaban J connectivity index is 2.08. The number of ether oxygens (including phenoxy) is 1. The van der Waals surface area contributed by atoms with Crippen LogP contribution in [0.2, 0.25) is 0 Å². The summed E-state index contributed by atoms with van der Waals surface area (Å²) in [6, 6.07) is 1.42. The Morgan fingerprint density at radius 2 is 2.08 bits per heavy atom. The van der Waals surface area contributed by atoms with Crippen molar-refractivity contribution in [2.24, 2.45) is 5.92 Å². The van der Waals surface area contributed by atoms with E-state index in [-0.39, 0.29) is 41.7 Å². The number of carboxylic acids is 1. The highest BCUT2D eigenvalue weighted by molar-refractivity contribution is 7.89. The van der Waals surface area contributed by atoms with E-state index in [2.05, 4.69) is 5.32 Å². The van der Waals surface area contributed by atoms with Crippen molar-refractivity contribution in [3.8, 4) is 0 Å². The summed E-state index contributed by atoms with van der Waals surface area (Å²) in [6.45, 7) is 3.05. The number of morpholine rings is 1. The fourth-order valence-corrected chi connectivity index (χ4v) is 5.03. The first kappa shape index (κ1) is 18.8. The summed E-state index contributed by atoms with van der Waals surface area (Å²) < 4.78 is 31.8. The SMILES string of the molecule is CC(CNC(=O)c1sccc1S(=O)(=O)N1CCOCC1)CC(=O)O. The molecule has 0 aliphatic carbocycles. The second-order valence-electron chi connectivity index (χ2n) is 5.54. The predicted octanol–water partition coefficient (Wildman–Crippen LogP) is 0.610. The van der Waals surface area contributed by atoms with Gasteiger partial charge in [-0.2, -0.15) is 4.31 Å². The van der Waals surface area contributed by atoms with Gasteiger partial charge in [-0.1, -0.05) is 6.92 Å². The molecule has 1 aliphatic rings. The monoisotopic (exact) mass is 376 g/mol. The van der Waals surface area contributed by atoms with E-state index in [0.717, 1.165) is 11.3 Å². The van der Waals surface area contributed by atoms with Crippen molar-refractivity contribution in [1.82, 2.24) is 9.62 Å². The molecule has 0 spiro atoms. The first-order valence-corrected chi connectivity index (χ1v) is 9.79. The number of carboxylic acid groups (broad SMARTS) is 1. The van der Waals surface area contributed by atoms with E-state index in [4.69, 9.17) is 9.84 Å². The van der Waals surface area contributed by atoms with Gasteiger partial charge in [0, 0.05) is 26.1 Å². The maximum Gasteiger partial charge on any atom is 0.303 e. The second kappa shape index (κ2) is 8.06. The summed E-state index contributed by atoms with van der Waals surface area (Å²) in [4.78, 5) is 23.0. The molecule has 2 rings (SSSR count). The van der Waals surface area contributed by atoms with Gasteiger partial charge in [-0.15, -0.1) is 11.3 Å². The Kier molecular flexibility index (Phi) is 6.33. The molecular formula is C14H20N2O6S2. The van der Waals surface area contributed by atoms with E-state index >= 15 is 0 Å². The zero-order valence-electron chi connectivity index (χ0n) is 13.2. The molecule has 2 N–H and O–H groups in total. The van der Waals surface area contributed by atoms with E-state index < -0.39 is 21.9 Å². The van der Waals surface area contributed by atoms with Crippen LogP contribution in [-0.2, 0) is 19.6 Å². The lowest BCUT2D eigenvalue weighted by molar-refractivity contribution is -0.137. The molecule has 2 heterocycles. The number of nitrogens with zero attached hydrogens (tertiary/aromatic N) is 1. The molecule has 8 nitrogen and oxygen atoms in total. The summed E-state index contributed by atoms with van der Waals surface area (Å²) in [5.41, 5.74) is 0. The molecule has 10 heteroatoms. The van der Waals surface area contributed by atoms with Gasteiger partial charge in [-0.3, -0.25) is 9.59 Å². The van der Waals surface area contributed by atoms with Crippen LogP contribution in [-0.4, -0.2) is 62.6 Å². The van der Waals surface area contributed by atoms with Crippen LogP contribution in [0.5, 0.6) is 0 Å². The molecule has 134 valence electrons. The number of carbonyl (C=O) groups is 2. The first-order valence-electron chi connectivity index (χ1n) is 7.47. The highest BCUT2D eigenvalue weighted by Gasteiger charge is 2.31. The van der Waals surface area contributed by atoms with Crippen LogP contribution in [0.15, 0.2) is 16.3 Å². The van der Waals surface area contributed by atoms with Crippen LogP contribution >= 0.6 is 11.3 Å². The Labute approximate surface area is 144 Å². The summed E-state index contributed by atoms with van der Waals surface area (Å²) in [5.74, 6) is -1.69. The quantitative estimate of drug-likeness (QED) is 0.721. The molecule has 1 aromatic rings. The summed E-state index contributed by atoms with van der Waals surface area (Å²) in [7, 11) is -3.74. The Hall–Kier alpha value is -1.49. The molecule has 0 aromatic carbocycles. The van der Waals surface area contributed by atoms with Crippen LogP contribution in [0.25, 0.3) is 0 Å². The van der Waals surface area contributed by atoms with E-state index in [9.17, 15) is 18.0 Å². The van der Waals surface area contributed by atoms with E-state index in [1.54, 1.807) is 12.3 Å². The van der Waals surface area contributed by atoms with Crippen molar-refractivity contribution in [1.29, 1.82) is 0 Å². The average molecular weight is 376 g/mol. The molecule has 1 saturated heterocycles. The lowest BCUT2D eigenvalue weighted by Gasteiger charge is -2.26. The van der Waals surface area contributed by atoms with E-state index in [0.29, 0.717) is 13.2 Å². The van der Waals surface area contributed by atoms with Crippen LogP contribution in [0, 0.1) is 5.92 Å². The summed E-state index contributed by atoms with van der Waals surface area (Å²) >= 11 is 1.05. The van der Waals surface area contributed by atoms with Gasteiger partial charge in [-0.25, -0.2) is 8.42 Å². The smallest absolute Gasteiger partial charge is 0.303 e. The third kappa shape index (κ3) is 4.53. The highest BCUT2D eigenvalue weighted by Crippen LogP contribution is 2.25. The molecule has 24 heavy (non-hydrogen) atoms. The van der Waals surface area contributed by atoms with Crippen LogP contribution in [0.3, 0.4) is 0 Å². The Morgan fingerprint density at radius 1 is 1.42 bits per heavy atom. The van der Waals surface area contributed by atoms with Crippen molar-refractivity contribution in [2.45, 2.75) is 18.2 Å². The maximum atomic E-state index is 12.7. The molecule has 0 saturated carbocycles. The van der Waals surface area contributed by atoms with E-state index in [1.165, 1.54) is 10.4 Å². The van der Waals surface area contributed by atoms with Crippen molar-refractivity contribution >= 4 is 33.2 Å². The number of aliphatic carboxylic acids is 1. The largest absolute Gasteiger partial charge is 0.481 e. The summed E-state index contributed by atoms with van der Waals surface area (Å²) in [5, 5.41) is 12.9. The molecule has 0 radical (unpaired) electrons. The number of hydrogen-bond acceptors (Lipinski definition) is 6. The van der Waals surface area contributed by atoms with Crippen LogP contribution in [0.4, 0.5) is 0 Å². The Morgan fingerprint density at radius 3 is 2.71 bits per heavy atom. The number of nitrogens with one attached hydrogen (secondary N) is 1. The summed E-state index contributed by atoms with van der Waals surface area (Å²) in [6.07, 6.45) is -0.0658. The van der Waals surface area contributed by atoms with Crippen LogP contribution in [0.1, 0.15) is 23.0 Å². The van der Waals surface area contributed by atoms with Crippen molar-refractivity contribution in [3.63, 3.8) is 0 Å². The van der Waals surface area contributed by atoms with Gasteiger partial charge in [0.1, 0.15) is 9.77 Å². The predicted molar refractivity (Wildman–Crippen MR) is 87.6 cm³/mol. The van der Waals surface area contributed by atoms with E-state index in [1.807, 2.05) is 0 Å². The van der Waals surface area contributed by atoms with Gasteiger partial charge in [0.25, 0.3) is 5.91 Å². The molecule has 1 fully saturated rings. The van der Waals surface area contributed by atoms with Crippen molar-refractivity contribution < 1.29 is 27.9 Å². The molecule has 1 amide bonds. The standard InChI is InChI=1S/C14H20N2O6S2/c1-10(8-12(17)18)9-15-14(19)13-11(2-7-23-13)24(20,21)16-3-5-22-6-4-16/h2,7,10H,3-6,8-9H2,1H3,(H,15,19)(H,17,18). The lowest BCUT2D eigenvalue weighted by atomic mass is 10.1. The molecule has 1 unspecified atom stereocenters. The minimum absolute atomic E-state index is 0.0159. The molecule has 1 aliphatic heterocycles. The van der Waals surface area contributed by atoms with Gasteiger partial charge in [-0.05, 0) is 17.4 Å². The highest BCUT2D eigenvalue weighted by atomic mass is 32.2. The number of rotatable bonds is 7. The fourth-order valence-electron chi connectivity index (χ4n) is 2.31. The third-order valence-corrected chi connectivity index (χ3v) is 6.54. The van der Waals surface area contributed by atoms with Crippen molar-refractivity contribution in [2.75, 3.05) is 32.8 Å². The Bertz CT molecular complexity index is 694.